The van der Waals surface area contributed by atoms with Crippen LogP contribution in [0.15, 0.2) is 29.2 Å². The number of amides is 1. The number of nitrogens with one attached hydrogen (secondary N) is 1. The SMILES string of the molecule is CCS(=O)(=O)c1cccc(C(=O)Nc2sc3c(c2C#N)CC[C@@H](C)C3)c1. The molecule has 5 nitrogen and oxygen atoms in total. The average molecular weight is 389 g/mol. The Balaban J connectivity index is 1.90. The molecule has 2 aromatic rings. The highest BCUT2D eigenvalue weighted by Gasteiger charge is 2.25. The van der Waals surface area contributed by atoms with Crippen LogP contribution in [0.2, 0.25) is 0 Å². The third kappa shape index (κ3) is 3.53. The van der Waals surface area contributed by atoms with E-state index in [9.17, 15) is 18.5 Å². The van der Waals surface area contributed by atoms with E-state index in [1.54, 1.807) is 19.1 Å². The molecule has 0 saturated heterocycles. The highest BCUT2D eigenvalue weighted by Crippen LogP contribution is 2.39. The molecular formula is C19H20N2O3S2. The molecule has 0 fully saturated rings. The van der Waals surface area contributed by atoms with Gasteiger partial charge in [0, 0.05) is 10.4 Å². The monoisotopic (exact) mass is 388 g/mol. The van der Waals surface area contributed by atoms with E-state index in [1.165, 1.54) is 23.5 Å². The summed E-state index contributed by atoms with van der Waals surface area (Å²) in [6.45, 7) is 3.76. The largest absolute Gasteiger partial charge is 0.312 e. The van der Waals surface area contributed by atoms with Crippen molar-refractivity contribution in [1.82, 2.24) is 0 Å². The van der Waals surface area contributed by atoms with Crippen LogP contribution >= 0.6 is 11.3 Å². The summed E-state index contributed by atoms with van der Waals surface area (Å²) in [6, 6.07) is 8.23. The number of anilines is 1. The zero-order chi connectivity index (χ0) is 18.9. The number of nitriles is 1. The molecule has 3 rings (SSSR count). The number of nitrogens with zero attached hydrogens (tertiary/aromatic N) is 1. The number of hydrogen-bond donors (Lipinski definition) is 1. The lowest BCUT2D eigenvalue weighted by atomic mass is 9.88. The van der Waals surface area contributed by atoms with Crippen LogP contribution in [-0.4, -0.2) is 20.1 Å². The zero-order valence-corrected chi connectivity index (χ0v) is 16.3. The minimum absolute atomic E-state index is 0.0213. The summed E-state index contributed by atoms with van der Waals surface area (Å²) < 4.78 is 24.1. The number of rotatable bonds is 4. The first-order valence-corrected chi connectivity index (χ1v) is 11.0. The Morgan fingerprint density at radius 1 is 1.42 bits per heavy atom. The van der Waals surface area contributed by atoms with Crippen molar-refractivity contribution in [3.05, 3.63) is 45.8 Å². The molecule has 1 N–H and O–H groups in total. The summed E-state index contributed by atoms with van der Waals surface area (Å²) in [4.78, 5) is 13.9. The Morgan fingerprint density at radius 2 is 2.19 bits per heavy atom. The van der Waals surface area contributed by atoms with Crippen molar-refractivity contribution in [3.8, 4) is 6.07 Å². The smallest absolute Gasteiger partial charge is 0.256 e. The minimum atomic E-state index is -3.38. The molecule has 1 aromatic heterocycles. The highest BCUT2D eigenvalue weighted by atomic mass is 32.2. The standard InChI is InChI=1S/C19H20N2O3S2/c1-3-26(23,24)14-6-4-5-13(10-14)18(22)21-19-16(11-20)15-8-7-12(2)9-17(15)25-19/h4-6,10,12H,3,7-9H2,1-2H3,(H,21,22)/t12-/m1/s1. The van der Waals surface area contributed by atoms with E-state index < -0.39 is 15.7 Å². The van der Waals surface area contributed by atoms with Gasteiger partial charge < -0.3 is 5.32 Å². The van der Waals surface area contributed by atoms with Gasteiger partial charge in [0.25, 0.3) is 5.91 Å². The van der Waals surface area contributed by atoms with Gasteiger partial charge in [-0.1, -0.05) is 19.9 Å². The number of carbonyl (C=O) groups excluding carboxylic acids is 1. The number of fused-ring (bicyclic) bond motifs is 1. The molecule has 0 aliphatic heterocycles. The van der Waals surface area contributed by atoms with Crippen LogP contribution in [0.4, 0.5) is 5.00 Å². The van der Waals surface area contributed by atoms with E-state index in [0.29, 0.717) is 16.5 Å². The Labute approximate surface area is 157 Å². The molecule has 1 aliphatic carbocycles. The normalized spacial score (nSPS) is 16.6. The summed E-state index contributed by atoms with van der Waals surface area (Å²) >= 11 is 1.45. The number of hydrogen-bond acceptors (Lipinski definition) is 5. The molecule has 26 heavy (non-hydrogen) atoms. The van der Waals surface area contributed by atoms with Crippen molar-refractivity contribution in [1.29, 1.82) is 5.26 Å². The van der Waals surface area contributed by atoms with Crippen LogP contribution in [0, 0.1) is 17.2 Å². The van der Waals surface area contributed by atoms with Crippen molar-refractivity contribution >= 4 is 32.1 Å². The predicted molar refractivity (Wildman–Crippen MR) is 102 cm³/mol. The zero-order valence-electron chi connectivity index (χ0n) is 14.7. The van der Waals surface area contributed by atoms with Gasteiger partial charge in [0.2, 0.25) is 0 Å². The molecule has 136 valence electrons. The van der Waals surface area contributed by atoms with Gasteiger partial charge in [-0.05, 0) is 48.9 Å². The van der Waals surface area contributed by atoms with E-state index in [4.69, 9.17) is 0 Å². The highest BCUT2D eigenvalue weighted by molar-refractivity contribution is 7.91. The van der Waals surface area contributed by atoms with Crippen LogP contribution in [0.25, 0.3) is 0 Å². The van der Waals surface area contributed by atoms with Gasteiger partial charge in [0.05, 0.1) is 16.2 Å². The van der Waals surface area contributed by atoms with Crippen LogP contribution in [0.1, 0.15) is 46.6 Å². The third-order valence-electron chi connectivity index (χ3n) is 4.69. The van der Waals surface area contributed by atoms with Gasteiger partial charge in [-0.3, -0.25) is 4.79 Å². The predicted octanol–water partition coefficient (Wildman–Crippen LogP) is 3.79. The Hall–Kier alpha value is -2.17. The van der Waals surface area contributed by atoms with Crippen LogP contribution in [-0.2, 0) is 22.7 Å². The van der Waals surface area contributed by atoms with E-state index in [-0.39, 0.29) is 16.2 Å². The molecule has 1 aliphatic rings. The lowest BCUT2D eigenvalue weighted by Gasteiger charge is -2.17. The quantitative estimate of drug-likeness (QED) is 0.863. The van der Waals surface area contributed by atoms with E-state index in [1.807, 2.05) is 0 Å². The Morgan fingerprint density at radius 3 is 2.88 bits per heavy atom. The van der Waals surface area contributed by atoms with Crippen LogP contribution < -0.4 is 5.32 Å². The van der Waals surface area contributed by atoms with Gasteiger partial charge in [0.1, 0.15) is 11.1 Å². The van der Waals surface area contributed by atoms with Gasteiger partial charge in [0.15, 0.2) is 9.84 Å². The van der Waals surface area contributed by atoms with E-state index in [2.05, 4.69) is 18.3 Å². The molecule has 7 heteroatoms. The molecule has 0 unspecified atom stereocenters. The number of thiophene rings is 1. The summed E-state index contributed by atoms with van der Waals surface area (Å²) in [5, 5.41) is 12.9. The Bertz CT molecular complexity index is 1000. The maximum atomic E-state index is 12.6. The van der Waals surface area contributed by atoms with Crippen molar-refractivity contribution < 1.29 is 13.2 Å². The summed E-state index contributed by atoms with van der Waals surface area (Å²) in [5.74, 6) is 0.153. The maximum Gasteiger partial charge on any atom is 0.256 e. The van der Waals surface area contributed by atoms with Crippen LogP contribution in [0.3, 0.4) is 0 Å². The van der Waals surface area contributed by atoms with Crippen LogP contribution in [0.5, 0.6) is 0 Å². The fraction of sp³-hybridized carbons (Fsp3) is 0.368. The summed E-state index contributed by atoms with van der Waals surface area (Å²) in [5.41, 5.74) is 1.86. The van der Waals surface area contributed by atoms with E-state index >= 15 is 0 Å². The molecule has 0 spiro atoms. The second-order valence-corrected chi connectivity index (χ2v) is 9.94. The number of carbonyl (C=O) groups is 1. The lowest BCUT2D eigenvalue weighted by molar-refractivity contribution is 0.102. The molecule has 0 radical (unpaired) electrons. The molecule has 0 bridgehead atoms. The average Bonchev–Trinajstić information content (AvgIpc) is 2.97. The Kier molecular flexibility index (Phi) is 5.17. The van der Waals surface area contributed by atoms with Gasteiger partial charge in [-0.25, -0.2) is 8.42 Å². The lowest BCUT2D eigenvalue weighted by Crippen LogP contribution is -2.13. The number of benzene rings is 1. The third-order valence-corrected chi connectivity index (χ3v) is 7.59. The molecule has 1 amide bonds. The topological polar surface area (TPSA) is 87.0 Å². The molecule has 1 atom stereocenters. The molecule has 1 heterocycles. The first-order chi connectivity index (χ1) is 12.4. The summed E-state index contributed by atoms with van der Waals surface area (Å²) in [7, 11) is -3.38. The second-order valence-electron chi connectivity index (χ2n) is 6.55. The molecule has 0 saturated carbocycles. The minimum Gasteiger partial charge on any atom is -0.312 e. The summed E-state index contributed by atoms with van der Waals surface area (Å²) in [6.07, 6.45) is 2.83. The van der Waals surface area contributed by atoms with Gasteiger partial charge in [-0.15, -0.1) is 11.3 Å². The van der Waals surface area contributed by atoms with Crippen molar-refractivity contribution in [2.24, 2.45) is 5.92 Å². The molecule has 1 aromatic carbocycles. The van der Waals surface area contributed by atoms with Crippen molar-refractivity contribution in [3.63, 3.8) is 0 Å². The maximum absolute atomic E-state index is 12.6. The second kappa shape index (κ2) is 7.22. The van der Waals surface area contributed by atoms with Crippen molar-refractivity contribution in [2.45, 2.75) is 38.0 Å². The first-order valence-electron chi connectivity index (χ1n) is 8.54. The molecular weight excluding hydrogens is 368 g/mol. The number of sulfone groups is 1. The van der Waals surface area contributed by atoms with Gasteiger partial charge >= 0.3 is 0 Å². The van der Waals surface area contributed by atoms with Crippen molar-refractivity contribution in [2.75, 3.05) is 11.1 Å². The van der Waals surface area contributed by atoms with E-state index in [0.717, 1.165) is 29.7 Å². The van der Waals surface area contributed by atoms with Gasteiger partial charge in [-0.2, -0.15) is 5.26 Å². The first kappa shape index (κ1) is 18.6. The fourth-order valence-corrected chi connectivity index (χ4v) is 5.41. The fourth-order valence-electron chi connectivity index (χ4n) is 3.13.